The van der Waals surface area contributed by atoms with Crippen LogP contribution in [0.2, 0.25) is 0 Å². The number of nitrogens with zero attached hydrogens (tertiary/aromatic N) is 2. The summed E-state index contributed by atoms with van der Waals surface area (Å²) in [4.78, 5) is 32.0. The van der Waals surface area contributed by atoms with Crippen LogP contribution in [0.4, 0.5) is 11.5 Å². The van der Waals surface area contributed by atoms with Gasteiger partial charge in [0.25, 0.3) is 10.0 Å². The predicted octanol–water partition coefficient (Wildman–Crippen LogP) is 1.56. The molecule has 0 fully saturated rings. The Morgan fingerprint density at radius 3 is 2.40 bits per heavy atom. The Morgan fingerprint density at radius 2 is 1.77 bits per heavy atom. The van der Waals surface area contributed by atoms with Crippen LogP contribution in [0.25, 0.3) is 11.3 Å². The zero-order valence-corrected chi connectivity index (χ0v) is 16.8. The number of sulfonamides is 1. The third-order valence-corrected chi connectivity index (χ3v) is 5.57. The van der Waals surface area contributed by atoms with E-state index < -0.39 is 15.9 Å². The Balaban J connectivity index is 1.82. The maximum atomic E-state index is 12.7. The van der Waals surface area contributed by atoms with Gasteiger partial charge < -0.3 is 11.5 Å². The molecule has 0 unspecified atom stereocenters. The fourth-order valence-electron chi connectivity index (χ4n) is 2.74. The number of rotatable bonds is 6. The predicted molar refractivity (Wildman–Crippen MR) is 112 cm³/mol. The minimum absolute atomic E-state index is 0.00231. The van der Waals surface area contributed by atoms with Gasteiger partial charge in [0.15, 0.2) is 11.6 Å². The number of ketones is 1. The molecule has 30 heavy (non-hydrogen) atoms. The van der Waals surface area contributed by atoms with Gasteiger partial charge in [-0.25, -0.2) is 23.1 Å². The van der Waals surface area contributed by atoms with E-state index in [0.717, 1.165) is 6.92 Å². The number of hydrogen-bond acceptors (Lipinski definition) is 8. The minimum Gasteiger partial charge on any atom is -0.399 e. The van der Waals surface area contributed by atoms with E-state index in [2.05, 4.69) is 9.97 Å². The monoisotopic (exact) mass is 425 g/mol. The van der Waals surface area contributed by atoms with Crippen molar-refractivity contribution < 1.29 is 18.0 Å². The van der Waals surface area contributed by atoms with Crippen LogP contribution in [0, 0.1) is 0 Å². The van der Waals surface area contributed by atoms with E-state index in [1.807, 2.05) is 4.72 Å². The maximum Gasteiger partial charge on any atom is 0.264 e. The smallest absolute Gasteiger partial charge is 0.264 e. The first-order chi connectivity index (χ1) is 14.2. The molecule has 3 aromatic rings. The molecule has 0 bridgehead atoms. The summed E-state index contributed by atoms with van der Waals surface area (Å²) in [6, 6.07) is 12.6. The minimum atomic E-state index is -3.94. The molecule has 1 amide bonds. The van der Waals surface area contributed by atoms with E-state index in [9.17, 15) is 18.0 Å². The highest BCUT2D eigenvalue weighted by Gasteiger charge is 2.18. The number of Topliss-reactive ketones (excluding diaryl/α,β-unsaturated/α-hetero) is 1. The maximum absolute atomic E-state index is 12.7. The fraction of sp³-hybridized carbons (Fsp3) is 0.100. The molecule has 0 aliphatic heterocycles. The van der Waals surface area contributed by atoms with E-state index in [4.69, 9.17) is 11.5 Å². The summed E-state index contributed by atoms with van der Waals surface area (Å²) in [6.07, 6.45) is 1.41. The third-order valence-electron chi connectivity index (χ3n) is 4.12. The molecular formula is C20H19N5O4S. The standard InChI is InChI=1S/C20H19N5O4S/c1-12(26)25-30(28,29)16-7-5-13(6-8-16)9-18(27)19-20(22)23-11-17(24-19)14-3-2-4-15(21)10-14/h2-8,10-11H,9,21H2,1H3,(H2,22,23)(H,25,26). The van der Waals surface area contributed by atoms with Gasteiger partial charge in [0.1, 0.15) is 5.69 Å². The molecule has 2 aromatic carbocycles. The van der Waals surface area contributed by atoms with Crippen molar-refractivity contribution in [2.24, 2.45) is 0 Å². The first kappa shape index (κ1) is 20.9. The van der Waals surface area contributed by atoms with Gasteiger partial charge in [-0.05, 0) is 29.8 Å². The van der Waals surface area contributed by atoms with Crippen LogP contribution in [0.15, 0.2) is 59.6 Å². The molecule has 0 radical (unpaired) electrons. The van der Waals surface area contributed by atoms with Crippen molar-refractivity contribution in [3.8, 4) is 11.3 Å². The molecule has 3 rings (SSSR count). The highest BCUT2D eigenvalue weighted by molar-refractivity contribution is 7.90. The van der Waals surface area contributed by atoms with Crippen molar-refractivity contribution in [2.75, 3.05) is 11.5 Å². The van der Waals surface area contributed by atoms with Gasteiger partial charge in [0.2, 0.25) is 5.91 Å². The lowest BCUT2D eigenvalue weighted by Gasteiger charge is -2.08. The number of aromatic nitrogens is 2. The number of nitrogens with one attached hydrogen (secondary N) is 1. The summed E-state index contributed by atoms with van der Waals surface area (Å²) >= 11 is 0. The molecule has 0 saturated carbocycles. The molecule has 0 aliphatic rings. The number of nitrogen functional groups attached to an aromatic ring is 2. The number of anilines is 2. The lowest BCUT2D eigenvalue weighted by molar-refractivity contribution is -0.117. The zero-order valence-electron chi connectivity index (χ0n) is 16.0. The molecular weight excluding hydrogens is 406 g/mol. The quantitative estimate of drug-likeness (QED) is 0.396. The van der Waals surface area contributed by atoms with Gasteiger partial charge in [-0.3, -0.25) is 9.59 Å². The van der Waals surface area contributed by atoms with E-state index in [0.29, 0.717) is 22.5 Å². The van der Waals surface area contributed by atoms with Crippen LogP contribution in [0.1, 0.15) is 23.0 Å². The zero-order chi connectivity index (χ0) is 21.9. The Kier molecular flexibility index (Phi) is 5.79. The van der Waals surface area contributed by atoms with Crippen molar-refractivity contribution in [1.82, 2.24) is 14.7 Å². The SMILES string of the molecule is CC(=O)NS(=O)(=O)c1ccc(CC(=O)c2nc(-c3cccc(N)c3)cnc2N)cc1. The van der Waals surface area contributed by atoms with Gasteiger partial charge in [-0.2, -0.15) is 0 Å². The first-order valence-corrected chi connectivity index (χ1v) is 10.3. The molecule has 5 N–H and O–H groups in total. The highest BCUT2D eigenvalue weighted by atomic mass is 32.2. The molecule has 1 aromatic heterocycles. The summed E-state index contributed by atoms with van der Waals surface area (Å²) in [7, 11) is -3.94. The molecule has 0 saturated heterocycles. The van der Waals surface area contributed by atoms with Crippen LogP contribution < -0.4 is 16.2 Å². The van der Waals surface area contributed by atoms with Crippen LogP contribution in [-0.2, 0) is 21.2 Å². The van der Waals surface area contributed by atoms with Crippen LogP contribution in [0.3, 0.4) is 0 Å². The number of amides is 1. The molecule has 9 nitrogen and oxygen atoms in total. The Morgan fingerprint density at radius 1 is 1.07 bits per heavy atom. The summed E-state index contributed by atoms with van der Waals surface area (Å²) in [5, 5.41) is 0. The molecule has 1 heterocycles. The van der Waals surface area contributed by atoms with E-state index in [1.54, 1.807) is 24.3 Å². The van der Waals surface area contributed by atoms with Crippen molar-refractivity contribution in [3.63, 3.8) is 0 Å². The van der Waals surface area contributed by atoms with Crippen LogP contribution in [0.5, 0.6) is 0 Å². The third kappa shape index (κ3) is 4.78. The lowest BCUT2D eigenvalue weighted by atomic mass is 10.1. The van der Waals surface area contributed by atoms with Gasteiger partial charge in [-0.1, -0.05) is 24.3 Å². The van der Waals surface area contributed by atoms with Gasteiger partial charge in [-0.15, -0.1) is 0 Å². The summed E-state index contributed by atoms with van der Waals surface area (Å²) in [6.45, 7) is 1.11. The summed E-state index contributed by atoms with van der Waals surface area (Å²) in [5.74, 6) is -1.07. The summed E-state index contributed by atoms with van der Waals surface area (Å²) < 4.78 is 25.9. The van der Waals surface area contributed by atoms with Crippen LogP contribution >= 0.6 is 0 Å². The van der Waals surface area contributed by atoms with E-state index in [-0.39, 0.29) is 28.6 Å². The second kappa shape index (κ2) is 8.29. The molecule has 0 aliphatic carbocycles. The van der Waals surface area contributed by atoms with Crippen molar-refractivity contribution in [2.45, 2.75) is 18.2 Å². The number of benzene rings is 2. The van der Waals surface area contributed by atoms with Gasteiger partial charge in [0.05, 0.1) is 16.8 Å². The van der Waals surface area contributed by atoms with E-state index in [1.165, 1.54) is 30.5 Å². The van der Waals surface area contributed by atoms with Gasteiger partial charge in [0, 0.05) is 24.6 Å². The highest BCUT2D eigenvalue weighted by Crippen LogP contribution is 2.21. The second-order valence-corrected chi connectivity index (χ2v) is 8.20. The average molecular weight is 425 g/mol. The Hall–Kier alpha value is -3.79. The van der Waals surface area contributed by atoms with Crippen molar-refractivity contribution in [1.29, 1.82) is 0 Å². The second-order valence-electron chi connectivity index (χ2n) is 6.52. The number of carbonyl (C=O) groups excluding carboxylic acids is 2. The topological polar surface area (TPSA) is 158 Å². The van der Waals surface area contributed by atoms with Gasteiger partial charge >= 0.3 is 0 Å². The normalized spacial score (nSPS) is 11.1. The van der Waals surface area contributed by atoms with Crippen molar-refractivity contribution in [3.05, 3.63) is 66.0 Å². The van der Waals surface area contributed by atoms with Crippen LogP contribution in [-0.4, -0.2) is 30.1 Å². The molecule has 0 atom stereocenters. The number of hydrogen-bond donors (Lipinski definition) is 3. The fourth-order valence-corrected chi connectivity index (χ4v) is 3.74. The summed E-state index contributed by atoms with van der Waals surface area (Å²) in [5.41, 5.74) is 13.9. The number of nitrogens with two attached hydrogens (primary N) is 2. The molecule has 0 spiro atoms. The average Bonchev–Trinajstić information content (AvgIpc) is 2.67. The van der Waals surface area contributed by atoms with Crippen molar-refractivity contribution >= 4 is 33.2 Å². The first-order valence-electron chi connectivity index (χ1n) is 8.79. The lowest BCUT2D eigenvalue weighted by Crippen LogP contribution is -2.28. The molecule has 154 valence electrons. The largest absolute Gasteiger partial charge is 0.399 e. The Labute approximate surface area is 173 Å². The molecule has 10 heteroatoms. The van der Waals surface area contributed by atoms with E-state index >= 15 is 0 Å². The number of carbonyl (C=O) groups is 2. The Bertz CT molecular complexity index is 1220.